The van der Waals surface area contributed by atoms with Crippen molar-refractivity contribution in [1.82, 2.24) is 5.32 Å². The minimum Gasteiger partial charge on any atom is -0.376 e. The quantitative estimate of drug-likeness (QED) is 0.914. The van der Waals surface area contributed by atoms with Gasteiger partial charge in [0.25, 0.3) is 0 Å². The van der Waals surface area contributed by atoms with Crippen LogP contribution in [0.3, 0.4) is 0 Å². The van der Waals surface area contributed by atoms with Gasteiger partial charge >= 0.3 is 0 Å². The van der Waals surface area contributed by atoms with Crippen LogP contribution in [0, 0.1) is 11.6 Å². The molecule has 1 aliphatic carbocycles. The molecule has 1 fully saturated rings. The van der Waals surface area contributed by atoms with Crippen LogP contribution >= 0.6 is 0 Å². The summed E-state index contributed by atoms with van der Waals surface area (Å²) < 4.78 is 33.1. The zero-order valence-electron chi connectivity index (χ0n) is 13.8. The third-order valence-corrected chi connectivity index (χ3v) is 4.24. The summed E-state index contributed by atoms with van der Waals surface area (Å²) in [7, 11) is 1.74. The Labute approximate surface area is 140 Å². The first-order valence-corrected chi connectivity index (χ1v) is 7.97. The molecule has 0 saturated carbocycles. The topological polar surface area (TPSA) is 33.6 Å². The van der Waals surface area contributed by atoms with Gasteiger partial charge in [-0.15, -0.1) is 0 Å². The molecule has 0 unspecified atom stereocenters. The lowest BCUT2D eigenvalue weighted by Crippen LogP contribution is -2.57. The second-order valence-corrected chi connectivity index (χ2v) is 5.91. The average molecular weight is 330 g/mol. The van der Waals surface area contributed by atoms with Gasteiger partial charge < -0.3 is 10.1 Å². The zero-order chi connectivity index (χ0) is 17.2. The van der Waals surface area contributed by atoms with Gasteiger partial charge in [0.1, 0.15) is 5.54 Å². The molecule has 0 radical (unpaired) electrons. The van der Waals surface area contributed by atoms with Crippen molar-refractivity contribution in [3.8, 4) is 0 Å². The summed E-state index contributed by atoms with van der Waals surface area (Å²) >= 11 is 0. The van der Waals surface area contributed by atoms with Crippen LogP contribution in [0.15, 0.2) is 58.8 Å². The van der Waals surface area contributed by atoms with Crippen molar-refractivity contribution < 1.29 is 13.5 Å². The maximum atomic E-state index is 14.2. The van der Waals surface area contributed by atoms with Gasteiger partial charge in [-0.1, -0.05) is 31.2 Å². The van der Waals surface area contributed by atoms with E-state index in [1.165, 1.54) is 6.07 Å². The Morgan fingerprint density at radius 3 is 2.71 bits per heavy atom. The maximum Gasteiger partial charge on any atom is 0.164 e. The van der Waals surface area contributed by atoms with Crippen LogP contribution in [0.4, 0.5) is 8.78 Å². The fourth-order valence-corrected chi connectivity index (χ4v) is 2.96. The van der Waals surface area contributed by atoms with Gasteiger partial charge in [0.15, 0.2) is 11.6 Å². The molecule has 1 aromatic rings. The molecule has 126 valence electrons. The van der Waals surface area contributed by atoms with Crippen molar-refractivity contribution >= 4 is 5.71 Å². The van der Waals surface area contributed by atoms with E-state index in [4.69, 9.17) is 4.74 Å². The average Bonchev–Trinajstić information content (AvgIpc) is 2.55. The van der Waals surface area contributed by atoms with Gasteiger partial charge in [0, 0.05) is 18.3 Å². The molecule has 1 N–H and O–H groups in total. The van der Waals surface area contributed by atoms with Crippen LogP contribution in [-0.2, 0) is 10.3 Å². The van der Waals surface area contributed by atoms with Gasteiger partial charge in [-0.2, -0.15) is 0 Å². The molecule has 5 heteroatoms. The highest BCUT2D eigenvalue weighted by Gasteiger charge is 2.43. The Bertz CT molecular complexity index is 759. The van der Waals surface area contributed by atoms with Crippen molar-refractivity contribution in [2.75, 3.05) is 20.3 Å². The van der Waals surface area contributed by atoms with Crippen LogP contribution in [0.5, 0.6) is 0 Å². The van der Waals surface area contributed by atoms with Crippen molar-refractivity contribution in [1.29, 1.82) is 0 Å². The normalized spacial score (nSPS) is 22.4. The molecule has 0 spiro atoms. The number of nitrogens with one attached hydrogen (secondary N) is 1. The highest BCUT2D eigenvalue weighted by Crippen LogP contribution is 2.34. The molecule has 1 heterocycles. The van der Waals surface area contributed by atoms with Crippen molar-refractivity contribution in [3.05, 3.63) is 71.0 Å². The molecule has 3 rings (SSSR count). The van der Waals surface area contributed by atoms with E-state index < -0.39 is 17.2 Å². The van der Waals surface area contributed by atoms with Crippen molar-refractivity contribution in [2.45, 2.75) is 18.9 Å². The number of hydrogen-bond donors (Lipinski definition) is 1. The van der Waals surface area contributed by atoms with Gasteiger partial charge in [0.05, 0.1) is 18.9 Å². The molecular weight excluding hydrogens is 310 g/mol. The number of nitrogens with zero attached hydrogens (tertiary/aromatic N) is 1. The van der Waals surface area contributed by atoms with Gasteiger partial charge in [-0.05, 0) is 30.2 Å². The summed E-state index contributed by atoms with van der Waals surface area (Å²) in [5.41, 5.74) is 2.25. The van der Waals surface area contributed by atoms with E-state index in [2.05, 4.69) is 23.3 Å². The largest absolute Gasteiger partial charge is 0.376 e. The highest BCUT2D eigenvalue weighted by atomic mass is 19.2. The van der Waals surface area contributed by atoms with E-state index in [-0.39, 0.29) is 18.8 Å². The zero-order valence-corrected chi connectivity index (χ0v) is 13.8. The van der Waals surface area contributed by atoms with E-state index in [1.54, 1.807) is 13.1 Å². The molecule has 0 aromatic heterocycles. The highest BCUT2D eigenvalue weighted by molar-refractivity contribution is 6.12. The van der Waals surface area contributed by atoms with Crippen LogP contribution in [0.1, 0.15) is 18.9 Å². The third-order valence-electron chi connectivity index (χ3n) is 4.24. The van der Waals surface area contributed by atoms with Crippen LogP contribution < -0.4 is 5.32 Å². The first-order valence-electron chi connectivity index (χ1n) is 7.97. The summed E-state index contributed by atoms with van der Waals surface area (Å²) in [4.78, 5) is 4.29. The number of hydrogen-bond acceptors (Lipinski definition) is 3. The van der Waals surface area contributed by atoms with Crippen molar-refractivity contribution in [3.63, 3.8) is 0 Å². The predicted octanol–water partition coefficient (Wildman–Crippen LogP) is 3.64. The Morgan fingerprint density at radius 2 is 2.08 bits per heavy atom. The summed E-state index contributed by atoms with van der Waals surface area (Å²) in [6, 6.07) is 4.23. The SMILES string of the molecule is CC/C=C1/C=CC(NC2(c3cccc(F)c3F)COC2)=CC1=NC. The standard InChI is InChI=1S/C19H20F2N2O/c1-3-5-13-8-9-14(10-17(13)22-2)23-19(11-24-12-19)15-6-4-7-16(20)18(15)21/h4-10,23H,3,11-12H2,1-2H3/b13-5-,22-17?. The first kappa shape index (κ1) is 16.6. The lowest BCUT2D eigenvalue weighted by Gasteiger charge is -2.44. The smallest absolute Gasteiger partial charge is 0.164 e. The van der Waals surface area contributed by atoms with Gasteiger partial charge in [-0.25, -0.2) is 8.78 Å². The van der Waals surface area contributed by atoms with Gasteiger partial charge in [-0.3, -0.25) is 4.99 Å². The Balaban J connectivity index is 1.91. The molecule has 2 aliphatic rings. The lowest BCUT2D eigenvalue weighted by molar-refractivity contribution is -0.0748. The predicted molar refractivity (Wildman–Crippen MR) is 90.9 cm³/mol. The molecule has 0 atom stereocenters. The molecular formula is C19H20F2N2O. The molecule has 1 saturated heterocycles. The van der Waals surface area contributed by atoms with Gasteiger partial charge in [0.2, 0.25) is 0 Å². The molecule has 3 nitrogen and oxygen atoms in total. The number of ether oxygens (including phenoxy) is 1. The second kappa shape index (κ2) is 6.69. The Kier molecular flexibility index (Phi) is 4.62. The number of halogens is 2. The van der Waals surface area contributed by atoms with E-state index in [0.717, 1.165) is 29.5 Å². The molecule has 1 aliphatic heterocycles. The lowest BCUT2D eigenvalue weighted by atomic mass is 9.86. The summed E-state index contributed by atoms with van der Waals surface area (Å²) in [5.74, 6) is -1.68. The number of aliphatic imine (C=N–C) groups is 1. The maximum absolute atomic E-state index is 14.2. The van der Waals surface area contributed by atoms with E-state index in [1.807, 2.05) is 18.2 Å². The van der Waals surface area contributed by atoms with E-state index in [9.17, 15) is 8.78 Å². The van der Waals surface area contributed by atoms with E-state index in [0.29, 0.717) is 0 Å². The second-order valence-electron chi connectivity index (χ2n) is 5.91. The summed E-state index contributed by atoms with van der Waals surface area (Å²) in [6.07, 6.45) is 8.83. The molecule has 1 aromatic carbocycles. The van der Waals surface area contributed by atoms with E-state index >= 15 is 0 Å². The fourth-order valence-electron chi connectivity index (χ4n) is 2.96. The number of benzene rings is 1. The third kappa shape index (κ3) is 2.91. The monoisotopic (exact) mass is 330 g/mol. The molecule has 0 bridgehead atoms. The first-order chi connectivity index (χ1) is 11.6. The Morgan fingerprint density at radius 1 is 1.29 bits per heavy atom. The van der Waals surface area contributed by atoms with Crippen molar-refractivity contribution in [2.24, 2.45) is 4.99 Å². The fraction of sp³-hybridized carbons (Fsp3) is 0.316. The minimum atomic E-state index is -0.849. The van der Waals surface area contributed by atoms with Crippen LogP contribution in [0.2, 0.25) is 0 Å². The minimum absolute atomic E-state index is 0.285. The molecule has 24 heavy (non-hydrogen) atoms. The Hall–Kier alpha value is -2.27. The summed E-state index contributed by atoms with van der Waals surface area (Å²) in [6.45, 7) is 2.64. The number of rotatable bonds is 4. The molecule has 0 amide bonds. The van der Waals surface area contributed by atoms with Crippen LogP contribution in [-0.4, -0.2) is 26.0 Å². The van der Waals surface area contributed by atoms with Crippen LogP contribution in [0.25, 0.3) is 0 Å². The number of allylic oxidation sites excluding steroid dienone is 5. The summed E-state index contributed by atoms with van der Waals surface area (Å²) in [5, 5.41) is 3.31.